The van der Waals surface area contributed by atoms with Crippen LogP contribution in [0.4, 0.5) is 11.4 Å². The number of nitrogens with one attached hydrogen (secondary N) is 1. The first-order valence-electron chi connectivity index (χ1n) is 10.7. The Hall–Kier alpha value is -3.52. The highest BCUT2D eigenvalue weighted by Crippen LogP contribution is 2.38. The van der Waals surface area contributed by atoms with Gasteiger partial charge in [-0.15, -0.1) is 0 Å². The van der Waals surface area contributed by atoms with Crippen LogP contribution in [0.5, 0.6) is 11.5 Å². The Morgan fingerprint density at radius 2 is 1.70 bits per heavy atom. The summed E-state index contributed by atoms with van der Waals surface area (Å²) in [4.78, 5) is 13.2. The molecule has 1 heterocycles. The Labute approximate surface area is 194 Å². The molecule has 3 aromatic carbocycles. The normalized spacial score (nSPS) is 15.4. The second-order valence-electron chi connectivity index (χ2n) is 7.87. The lowest BCUT2D eigenvalue weighted by atomic mass is 10.1. The predicted molar refractivity (Wildman–Crippen MR) is 128 cm³/mol. The second kappa shape index (κ2) is 9.15. The van der Waals surface area contributed by atoms with Gasteiger partial charge in [0.25, 0.3) is 15.9 Å². The molecule has 7 nitrogen and oxygen atoms in total. The lowest BCUT2D eigenvalue weighted by Gasteiger charge is -2.35. The van der Waals surface area contributed by atoms with E-state index in [9.17, 15) is 13.2 Å². The Morgan fingerprint density at radius 3 is 2.36 bits per heavy atom. The molecular formula is C25H26N2O5S. The summed E-state index contributed by atoms with van der Waals surface area (Å²) in [6.07, 6.45) is -1.02. The molecule has 0 spiro atoms. The zero-order valence-corrected chi connectivity index (χ0v) is 19.6. The first-order valence-corrected chi connectivity index (χ1v) is 12.1. The quantitative estimate of drug-likeness (QED) is 0.586. The number of carbonyl (C=O) groups is 1. The molecule has 33 heavy (non-hydrogen) atoms. The third kappa shape index (κ3) is 4.80. The van der Waals surface area contributed by atoms with Gasteiger partial charge in [-0.3, -0.25) is 9.10 Å². The van der Waals surface area contributed by atoms with Gasteiger partial charge in [-0.05, 0) is 74.9 Å². The van der Waals surface area contributed by atoms with E-state index in [1.807, 2.05) is 26.8 Å². The van der Waals surface area contributed by atoms with Crippen LogP contribution in [0.3, 0.4) is 0 Å². The topological polar surface area (TPSA) is 84.9 Å². The SMILES string of the molecule is CCOc1ccc(NC(=O)[C@@H]2CN(S(=O)(=O)c3ccc(C)cc3)c3cc(C)ccc3O2)cc1. The lowest BCUT2D eigenvalue weighted by Crippen LogP contribution is -2.48. The summed E-state index contributed by atoms with van der Waals surface area (Å²) in [6, 6.07) is 18.9. The largest absolute Gasteiger partial charge is 0.494 e. The van der Waals surface area contributed by atoms with E-state index >= 15 is 0 Å². The Kier molecular flexibility index (Phi) is 6.29. The highest BCUT2D eigenvalue weighted by molar-refractivity contribution is 7.92. The standard InChI is InChI=1S/C25H26N2O5S/c1-4-31-20-10-8-19(9-11-20)26-25(28)24-16-27(22-15-18(3)7-14-23(22)32-24)33(29,30)21-12-5-17(2)6-13-21/h5-15,24H,4,16H2,1-3H3,(H,26,28)/t24-/m0/s1. The number of benzene rings is 3. The molecule has 0 bridgehead atoms. The molecular weight excluding hydrogens is 440 g/mol. The van der Waals surface area contributed by atoms with Crippen LogP contribution in [0.25, 0.3) is 0 Å². The van der Waals surface area contributed by atoms with Crippen LogP contribution in [0, 0.1) is 13.8 Å². The van der Waals surface area contributed by atoms with Crippen molar-refractivity contribution in [1.29, 1.82) is 0 Å². The first kappa shape index (κ1) is 22.7. The average molecular weight is 467 g/mol. The minimum Gasteiger partial charge on any atom is -0.494 e. The predicted octanol–water partition coefficient (Wildman–Crippen LogP) is 4.30. The van der Waals surface area contributed by atoms with E-state index in [2.05, 4.69) is 5.32 Å². The van der Waals surface area contributed by atoms with Crippen molar-refractivity contribution in [2.45, 2.75) is 31.8 Å². The van der Waals surface area contributed by atoms with Gasteiger partial charge in [0, 0.05) is 5.69 Å². The number of hydrogen-bond acceptors (Lipinski definition) is 5. The molecule has 0 aromatic heterocycles. The van der Waals surface area contributed by atoms with Crippen molar-refractivity contribution in [2.75, 3.05) is 22.8 Å². The summed E-state index contributed by atoms with van der Waals surface area (Å²) in [5, 5.41) is 2.80. The molecule has 3 aromatic rings. The van der Waals surface area contributed by atoms with Gasteiger partial charge >= 0.3 is 0 Å². The highest BCUT2D eigenvalue weighted by atomic mass is 32.2. The van der Waals surface area contributed by atoms with Gasteiger partial charge in [-0.25, -0.2) is 8.42 Å². The van der Waals surface area contributed by atoms with Crippen LogP contribution >= 0.6 is 0 Å². The molecule has 0 unspecified atom stereocenters. The van der Waals surface area contributed by atoms with E-state index in [-0.39, 0.29) is 11.4 Å². The third-order valence-corrected chi connectivity index (χ3v) is 7.11. The summed E-state index contributed by atoms with van der Waals surface area (Å²) in [6.45, 7) is 6.07. The Balaban J connectivity index is 1.63. The molecule has 1 N–H and O–H groups in total. The minimum absolute atomic E-state index is 0.143. The van der Waals surface area contributed by atoms with Crippen LogP contribution in [-0.4, -0.2) is 33.6 Å². The number of carbonyl (C=O) groups excluding carboxylic acids is 1. The molecule has 4 rings (SSSR count). The number of fused-ring (bicyclic) bond motifs is 1. The molecule has 0 aliphatic carbocycles. The van der Waals surface area contributed by atoms with Gasteiger partial charge in [-0.2, -0.15) is 0 Å². The van der Waals surface area contributed by atoms with Crippen molar-refractivity contribution < 1.29 is 22.7 Å². The smallest absolute Gasteiger partial charge is 0.267 e. The van der Waals surface area contributed by atoms with E-state index in [1.165, 1.54) is 4.31 Å². The number of amides is 1. The minimum atomic E-state index is -3.90. The third-order valence-electron chi connectivity index (χ3n) is 5.32. The van der Waals surface area contributed by atoms with Gasteiger partial charge in [0.05, 0.1) is 23.7 Å². The number of hydrogen-bond donors (Lipinski definition) is 1. The molecule has 1 amide bonds. The van der Waals surface area contributed by atoms with E-state index in [1.54, 1.807) is 60.7 Å². The summed E-state index contributed by atoms with van der Waals surface area (Å²) in [5.41, 5.74) is 2.83. The van der Waals surface area contributed by atoms with Crippen molar-refractivity contribution in [3.63, 3.8) is 0 Å². The van der Waals surface area contributed by atoms with Crippen molar-refractivity contribution >= 4 is 27.3 Å². The molecule has 8 heteroatoms. The lowest BCUT2D eigenvalue weighted by molar-refractivity contribution is -0.122. The van der Waals surface area contributed by atoms with Gasteiger partial charge in [0.2, 0.25) is 0 Å². The molecule has 0 fully saturated rings. The second-order valence-corrected chi connectivity index (χ2v) is 9.74. The fourth-order valence-electron chi connectivity index (χ4n) is 3.59. The van der Waals surface area contributed by atoms with Crippen LogP contribution in [-0.2, 0) is 14.8 Å². The molecule has 0 radical (unpaired) electrons. The zero-order valence-electron chi connectivity index (χ0n) is 18.7. The Morgan fingerprint density at radius 1 is 1.03 bits per heavy atom. The summed E-state index contributed by atoms with van der Waals surface area (Å²) >= 11 is 0. The average Bonchev–Trinajstić information content (AvgIpc) is 2.80. The molecule has 0 saturated heterocycles. The fraction of sp³-hybridized carbons (Fsp3) is 0.240. The van der Waals surface area contributed by atoms with Crippen molar-refractivity contribution in [3.8, 4) is 11.5 Å². The number of sulfonamides is 1. The molecule has 1 aliphatic heterocycles. The number of anilines is 2. The molecule has 1 aliphatic rings. The summed E-state index contributed by atoms with van der Waals surface area (Å²) < 4.78 is 39.6. The summed E-state index contributed by atoms with van der Waals surface area (Å²) in [5.74, 6) is 0.605. The highest BCUT2D eigenvalue weighted by Gasteiger charge is 2.37. The van der Waals surface area contributed by atoms with Gasteiger partial charge in [0.15, 0.2) is 6.10 Å². The number of rotatable bonds is 6. The molecule has 172 valence electrons. The maximum Gasteiger partial charge on any atom is 0.267 e. The van der Waals surface area contributed by atoms with Crippen LogP contribution in [0.15, 0.2) is 71.6 Å². The zero-order chi connectivity index (χ0) is 23.6. The molecule has 1 atom stereocenters. The summed E-state index contributed by atoms with van der Waals surface area (Å²) in [7, 11) is -3.90. The Bertz CT molecular complexity index is 1250. The van der Waals surface area contributed by atoms with Crippen molar-refractivity contribution in [3.05, 3.63) is 77.9 Å². The van der Waals surface area contributed by atoms with E-state index in [0.717, 1.165) is 11.1 Å². The number of ether oxygens (including phenoxy) is 2. The molecule has 0 saturated carbocycles. The van der Waals surface area contributed by atoms with E-state index < -0.39 is 22.0 Å². The monoisotopic (exact) mass is 466 g/mol. The van der Waals surface area contributed by atoms with E-state index in [4.69, 9.17) is 9.47 Å². The fourth-order valence-corrected chi connectivity index (χ4v) is 5.05. The van der Waals surface area contributed by atoms with Gasteiger partial charge in [-0.1, -0.05) is 23.8 Å². The van der Waals surface area contributed by atoms with Gasteiger partial charge in [0.1, 0.15) is 11.5 Å². The maximum atomic E-state index is 13.5. The van der Waals surface area contributed by atoms with E-state index in [0.29, 0.717) is 29.5 Å². The van der Waals surface area contributed by atoms with Crippen LogP contribution in [0.2, 0.25) is 0 Å². The number of nitrogens with zero attached hydrogens (tertiary/aromatic N) is 1. The van der Waals surface area contributed by atoms with Crippen molar-refractivity contribution in [1.82, 2.24) is 0 Å². The first-order chi connectivity index (χ1) is 15.8. The number of aryl methyl sites for hydroxylation is 2. The van der Waals surface area contributed by atoms with Crippen LogP contribution < -0.4 is 19.1 Å². The van der Waals surface area contributed by atoms with Crippen LogP contribution in [0.1, 0.15) is 18.1 Å². The van der Waals surface area contributed by atoms with Crippen molar-refractivity contribution in [2.24, 2.45) is 0 Å². The van der Waals surface area contributed by atoms with Gasteiger partial charge < -0.3 is 14.8 Å². The maximum absolute atomic E-state index is 13.5.